The van der Waals surface area contributed by atoms with Crippen LogP contribution in [-0.2, 0) is 1.70 Å². The first-order chi connectivity index (χ1) is 1.73. The first-order valence-corrected chi connectivity index (χ1v) is 5.48. The Bertz CT molecular complexity index is 26.6. The summed E-state index contributed by atoms with van der Waals surface area (Å²) in [5, 5.41) is 0. The molecule has 0 amide bonds. The van der Waals surface area contributed by atoms with Crippen molar-refractivity contribution in [3.63, 3.8) is 0 Å². The molecule has 0 aliphatic carbocycles. The molecular formula is H4LaO4. The third kappa shape index (κ3) is 52.6. The van der Waals surface area contributed by atoms with Crippen molar-refractivity contribution in [1.82, 2.24) is 0 Å². The van der Waals surface area contributed by atoms with Crippen molar-refractivity contribution in [1.29, 1.82) is 0 Å². The average molecular weight is 207 g/mol. The molecule has 4 N–H and O–H groups in total. The first kappa shape index (κ1) is 9.30. The Hall–Kier alpha value is 0.875. The summed E-state index contributed by atoms with van der Waals surface area (Å²) in [6, 6.07) is 0. The Labute approximate surface area is 42.4 Å². The standard InChI is InChI=1S/La.3H2O.O/h;3*1H2;/q+2;;;;/p-2. The zero-order chi connectivity index (χ0) is 3.58. The van der Waals surface area contributed by atoms with Crippen LogP contribution in [0.2, 0.25) is 0 Å². The maximum absolute atomic E-state index is 8.86. The summed E-state index contributed by atoms with van der Waals surface area (Å²) in [5.41, 5.74) is 0. The molecular weight excluding hydrogens is 203 g/mol. The molecule has 0 unspecified atom stereocenters. The van der Waals surface area contributed by atoms with Crippen molar-refractivity contribution in [3.05, 3.63) is 0 Å². The molecule has 0 spiro atoms. The van der Waals surface area contributed by atoms with E-state index < -0.39 is 31.2 Å². The van der Waals surface area contributed by atoms with E-state index in [1.807, 2.05) is 0 Å². The summed E-state index contributed by atoms with van der Waals surface area (Å²) in [6.07, 6.45) is 0. The molecule has 5 heteroatoms. The normalized spacial score (nSPS) is 5.20. The zero-order valence-electron chi connectivity index (χ0n) is 2.38. The van der Waals surface area contributed by atoms with E-state index in [0.29, 0.717) is 0 Å². The SMILES string of the molecule is O.[O]=[La]([OH])[OH]. The van der Waals surface area contributed by atoms with Crippen LogP contribution in [0.25, 0.3) is 0 Å². The molecule has 0 aliphatic rings. The quantitative estimate of drug-likeness (QED) is 0.478. The molecule has 0 radical (unpaired) electrons. The summed E-state index contributed by atoms with van der Waals surface area (Å²) < 4.78 is 23.4. The second-order valence-electron chi connectivity index (χ2n) is 0.326. The van der Waals surface area contributed by atoms with E-state index in [4.69, 9.17) is 5.84 Å². The van der Waals surface area contributed by atoms with E-state index in [1.165, 1.54) is 0 Å². The monoisotopic (exact) mass is 207 g/mol. The topological polar surface area (TPSA) is 89.0 Å². The van der Waals surface area contributed by atoms with Gasteiger partial charge in [0.2, 0.25) is 0 Å². The molecule has 0 bridgehead atoms. The van der Waals surface area contributed by atoms with E-state index in [2.05, 4.69) is 0 Å². The van der Waals surface area contributed by atoms with Crippen LogP contribution in [0, 0.1) is 31.2 Å². The fourth-order valence-electron chi connectivity index (χ4n) is 0. The van der Waals surface area contributed by atoms with Crippen molar-refractivity contribution in [2.45, 2.75) is 0 Å². The molecule has 0 aliphatic heterocycles. The van der Waals surface area contributed by atoms with Gasteiger partial charge in [0.05, 0.1) is 0 Å². The van der Waals surface area contributed by atoms with Crippen molar-refractivity contribution < 1.29 is 42.5 Å². The van der Waals surface area contributed by atoms with Gasteiger partial charge in [-0.3, -0.25) is 0 Å². The van der Waals surface area contributed by atoms with Gasteiger partial charge >= 0.3 is 37.0 Å². The minimum atomic E-state index is -3.97. The molecule has 0 saturated heterocycles. The van der Waals surface area contributed by atoms with Crippen LogP contribution in [0.5, 0.6) is 0 Å². The van der Waals surface area contributed by atoms with E-state index in [0.717, 1.165) is 0 Å². The summed E-state index contributed by atoms with van der Waals surface area (Å²) in [5.74, 6) is 0. The Morgan fingerprint density at radius 3 is 1.40 bits per heavy atom. The van der Waals surface area contributed by atoms with Crippen LogP contribution in [0.15, 0.2) is 0 Å². The van der Waals surface area contributed by atoms with Gasteiger partial charge in [-0.15, -0.1) is 0 Å². The predicted octanol–water partition coefficient (Wildman–Crippen LogP) is -2.06. The third-order valence-electron chi connectivity index (χ3n) is 0. The van der Waals surface area contributed by atoms with Gasteiger partial charge in [0.25, 0.3) is 0 Å². The van der Waals surface area contributed by atoms with Crippen molar-refractivity contribution in [2.24, 2.45) is 0 Å². The van der Waals surface area contributed by atoms with Crippen LogP contribution >= 0.6 is 0 Å². The molecule has 0 aromatic heterocycles. The van der Waals surface area contributed by atoms with Crippen LogP contribution < -0.4 is 0 Å². The second-order valence-corrected chi connectivity index (χ2v) is 2.38. The van der Waals surface area contributed by atoms with E-state index >= 15 is 0 Å². The Kier molecular flexibility index (Phi) is 9.07. The molecule has 4 nitrogen and oxygen atoms in total. The fraction of sp³-hybridized carbons (Fsp3) is 0. The number of hydrogen-bond acceptors (Lipinski definition) is 1. The fourth-order valence-corrected chi connectivity index (χ4v) is 0. The number of rotatable bonds is 0. The Morgan fingerprint density at radius 2 is 1.40 bits per heavy atom. The van der Waals surface area contributed by atoms with E-state index in [9.17, 15) is 0 Å². The van der Waals surface area contributed by atoms with Gasteiger partial charge in [-0.1, -0.05) is 0 Å². The molecule has 0 rings (SSSR count). The first-order valence-electron chi connectivity index (χ1n) is 0.752. The molecule has 0 heterocycles. The molecule has 0 saturated carbocycles. The summed E-state index contributed by atoms with van der Waals surface area (Å²) in [4.78, 5) is 0. The molecule has 0 fully saturated rings. The van der Waals surface area contributed by atoms with Crippen LogP contribution in [0.1, 0.15) is 0 Å². The van der Waals surface area contributed by atoms with Gasteiger partial charge in [0, 0.05) is 0 Å². The van der Waals surface area contributed by atoms with E-state index in [1.54, 1.807) is 0 Å². The minimum absolute atomic E-state index is 0. The molecule has 31 valence electrons. The van der Waals surface area contributed by atoms with Crippen molar-refractivity contribution in [2.75, 3.05) is 0 Å². The van der Waals surface area contributed by atoms with E-state index in [-0.39, 0.29) is 5.48 Å². The predicted molar refractivity (Wildman–Crippen MR) is 8.74 cm³/mol. The molecule has 0 atom stereocenters. The summed E-state index contributed by atoms with van der Waals surface area (Å²) >= 11 is -3.97. The Balaban J connectivity index is 0. The third-order valence-corrected chi connectivity index (χ3v) is 0. The number of hydrogen-bond donors (Lipinski definition) is 2. The van der Waals surface area contributed by atoms with Crippen molar-refractivity contribution in [3.8, 4) is 0 Å². The average Bonchev–Trinajstić information content (AvgIpc) is 0.811. The van der Waals surface area contributed by atoms with Gasteiger partial charge in [0.1, 0.15) is 0 Å². The second kappa shape index (κ2) is 4.87. The van der Waals surface area contributed by atoms with Gasteiger partial charge in [-0.05, 0) is 0 Å². The zero-order valence-corrected chi connectivity index (χ0v) is 6.01. The molecule has 0 aromatic rings. The van der Waals surface area contributed by atoms with Crippen molar-refractivity contribution >= 4 is 0 Å². The van der Waals surface area contributed by atoms with Gasteiger partial charge < -0.3 is 5.48 Å². The van der Waals surface area contributed by atoms with Crippen LogP contribution in [0.3, 0.4) is 0 Å². The van der Waals surface area contributed by atoms with Gasteiger partial charge in [-0.25, -0.2) is 0 Å². The summed E-state index contributed by atoms with van der Waals surface area (Å²) in [6.45, 7) is 0. The van der Waals surface area contributed by atoms with Gasteiger partial charge in [-0.2, -0.15) is 0 Å². The van der Waals surface area contributed by atoms with Crippen LogP contribution in [-0.4, -0.2) is 9.62 Å². The molecule has 5 heavy (non-hydrogen) atoms. The Morgan fingerprint density at radius 1 is 1.40 bits per heavy atom. The molecule has 0 aromatic carbocycles. The maximum atomic E-state index is 8.86. The summed E-state index contributed by atoms with van der Waals surface area (Å²) in [7, 11) is 0. The van der Waals surface area contributed by atoms with Gasteiger partial charge in [0.15, 0.2) is 0 Å². The van der Waals surface area contributed by atoms with Crippen LogP contribution in [0.4, 0.5) is 0 Å².